The summed E-state index contributed by atoms with van der Waals surface area (Å²) in [4.78, 5) is 0. The minimum Gasteiger partial charge on any atom is -0.241 e. The van der Waals surface area contributed by atoms with E-state index in [4.69, 9.17) is 2.61 Å². The van der Waals surface area contributed by atoms with Crippen molar-refractivity contribution in [2.24, 2.45) is 0 Å². The van der Waals surface area contributed by atoms with Crippen LogP contribution in [0.15, 0.2) is 0 Å². The maximum absolute atomic E-state index is 11.3. The van der Waals surface area contributed by atoms with E-state index in [9.17, 15) is 4.20 Å². The average molecular weight is 99.8 g/mol. The van der Waals surface area contributed by atoms with E-state index in [1.807, 2.05) is 9.12 Å². The van der Waals surface area contributed by atoms with Crippen molar-refractivity contribution in [2.45, 2.75) is 0 Å². The van der Waals surface area contributed by atoms with Crippen molar-refractivity contribution >= 4 is 24.5 Å². The molecule has 0 N–H and O–H groups in total. The van der Waals surface area contributed by atoms with Crippen LogP contribution in [0.2, 0.25) is 0 Å². The molecular weight excluding hydrogens is 91.8 g/mol. The second-order valence-electron chi connectivity index (χ2n) is 0.247. The molecule has 0 saturated carbocycles. The van der Waals surface area contributed by atoms with Crippen molar-refractivity contribution in [3.05, 3.63) is 0 Å². The van der Waals surface area contributed by atoms with E-state index >= 15 is 0 Å². The van der Waals surface area contributed by atoms with Crippen LogP contribution in [0, 0.1) is 0 Å². The van der Waals surface area contributed by atoms with Gasteiger partial charge in [-0.3, -0.25) is 0 Å². The van der Waals surface area contributed by atoms with E-state index in [0.29, 0.717) is 0 Å². The van der Waals surface area contributed by atoms with Crippen LogP contribution in [0.1, 0.15) is 0 Å². The molecule has 0 fully saturated rings. The molecule has 0 saturated heterocycles. The summed E-state index contributed by atoms with van der Waals surface area (Å²) in [5.74, 6) is 0. The van der Waals surface area contributed by atoms with Gasteiger partial charge in [0.1, 0.15) is 0 Å². The van der Waals surface area contributed by atoms with Gasteiger partial charge < -0.3 is 0 Å². The van der Waals surface area contributed by atoms with Crippen molar-refractivity contribution in [2.75, 3.05) is 0 Å². The minimum atomic E-state index is -2.28. The van der Waals surface area contributed by atoms with E-state index in [1.165, 1.54) is 0 Å². The normalized spacial score (nSPS) is 21.5. The molecule has 0 aliphatic rings. The van der Waals surface area contributed by atoms with Gasteiger partial charge in [0.25, 0.3) is 0 Å². The zero-order chi connectivity index (χ0) is 5.15. The van der Waals surface area contributed by atoms with Gasteiger partial charge in [0, 0.05) is 8.72 Å². The number of hydrogen-bond acceptors (Lipinski definition) is 0. The highest BCUT2D eigenvalue weighted by Gasteiger charge is 1.66. The summed E-state index contributed by atoms with van der Waals surface area (Å²) in [5, 5.41) is 0. The van der Waals surface area contributed by atoms with Gasteiger partial charge in [-0.25, -0.2) is 4.20 Å². The highest BCUT2D eigenvalue weighted by molar-refractivity contribution is 7.92. The SMILES string of the molecule is [3H]B(P)P([3H])F. The fourth-order valence-corrected chi connectivity index (χ4v) is 0. The summed E-state index contributed by atoms with van der Waals surface area (Å²) < 4.78 is 24.0. The third-order valence-electron chi connectivity index (χ3n) is 0.0563. The topological polar surface area (TPSA) is 0 Å². The first-order valence-corrected chi connectivity index (χ1v) is 2.28. The maximum Gasteiger partial charge on any atom is 0.212 e. The lowest BCUT2D eigenvalue weighted by Gasteiger charge is -1.60. The Balaban J connectivity index is 2.99. The van der Waals surface area contributed by atoms with E-state index in [0.717, 1.165) is 0 Å². The minimum absolute atomic E-state index is 0.917. The second kappa shape index (κ2) is 3.85. The van der Waals surface area contributed by atoms with Gasteiger partial charge in [0.05, 0.1) is 1.28 Å². The molecule has 0 aromatic carbocycles. The maximum atomic E-state index is 11.3. The standard InChI is InChI=1S/BFH4P2/c2-4-1-3/h1,4H,3H2/i1T,4T. The Morgan fingerprint density at radius 3 is 3.00 bits per heavy atom. The van der Waals surface area contributed by atoms with Crippen molar-refractivity contribution < 1.29 is 4.20 Å². The molecule has 0 heterocycles. The molecule has 0 spiro atoms. The molecule has 4 heteroatoms. The molecule has 0 aromatic rings. The first-order chi connectivity index (χ1) is 2.64. The fourth-order valence-electron chi connectivity index (χ4n) is 0. The molecule has 0 bridgehead atoms. The molecule has 2 unspecified atom stereocenters. The summed E-state index contributed by atoms with van der Waals surface area (Å²) in [5.41, 5.74) is 0. The fraction of sp³-hybridized carbons (Fsp3) is 0. The van der Waals surface area contributed by atoms with Crippen molar-refractivity contribution in [3.63, 3.8) is 0 Å². The molecule has 4 heavy (non-hydrogen) atoms. The zero-order valence-electron chi connectivity index (χ0n) is 3.98. The smallest absolute Gasteiger partial charge is 0.212 e. The molecule has 0 aliphatic heterocycles. The van der Waals surface area contributed by atoms with Gasteiger partial charge in [-0.2, -0.15) is 9.12 Å². The van der Waals surface area contributed by atoms with E-state index in [1.54, 1.807) is 0 Å². The Labute approximate surface area is 32.4 Å². The molecule has 0 rings (SSSR count). The average Bonchev–Trinajstić information content (AvgIpc) is 1.36. The van der Waals surface area contributed by atoms with Crippen molar-refractivity contribution in [1.29, 1.82) is 2.61 Å². The predicted molar refractivity (Wildman–Crippen MR) is 26.3 cm³/mol. The van der Waals surface area contributed by atoms with E-state index < -0.39 is 15.4 Å². The van der Waals surface area contributed by atoms with Gasteiger partial charge in [-0.1, -0.05) is 0 Å². The molecule has 0 aromatic heterocycles. The highest BCUT2D eigenvalue weighted by atomic mass is 31.1. The number of halogens is 1. The van der Waals surface area contributed by atoms with Gasteiger partial charge in [0.15, 0.2) is 0 Å². The van der Waals surface area contributed by atoms with Gasteiger partial charge in [0.2, 0.25) is 6.68 Å². The third-order valence-corrected chi connectivity index (χ3v) is 0.507. The Hall–Kier alpha value is 0.855. The van der Waals surface area contributed by atoms with Crippen molar-refractivity contribution in [1.82, 2.24) is 0 Å². The largest absolute Gasteiger partial charge is 0.241 e. The first-order valence-electron chi connectivity index (χ1n) is 1.79. The van der Waals surface area contributed by atoms with Crippen LogP contribution in [0.4, 0.5) is 4.20 Å². The molecule has 2 atom stereocenters. The predicted octanol–water partition coefficient (Wildman–Crippen LogP) is 0.691. The lowest BCUT2D eigenvalue weighted by molar-refractivity contribution is 0.935. The summed E-state index contributed by atoms with van der Waals surface area (Å²) in [6.45, 7) is -0.917. The number of rotatable bonds is 1. The molecule has 24 valence electrons. The lowest BCUT2D eigenvalue weighted by Crippen LogP contribution is -1.40. The highest BCUT2D eigenvalue weighted by Crippen LogP contribution is 2.08. The van der Waals surface area contributed by atoms with Crippen LogP contribution >= 0.6 is 17.8 Å². The van der Waals surface area contributed by atoms with Crippen LogP contribution in [0.5, 0.6) is 0 Å². The summed E-state index contributed by atoms with van der Waals surface area (Å²) in [7, 11) is -0.374. The lowest BCUT2D eigenvalue weighted by atomic mass is 10.7. The van der Waals surface area contributed by atoms with Gasteiger partial charge in [-0.15, -0.1) is 0 Å². The summed E-state index contributed by atoms with van der Waals surface area (Å²) in [6, 6.07) is 0. The Kier molecular flexibility index (Phi) is 2.03. The first kappa shape index (κ1) is 2.10. The van der Waals surface area contributed by atoms with E-state index in [2.05, 4.69) is 0 Å². The Bertz CT molecular complexity index is 32.5. The third kappa shape index (κ3) is 2.85. The molecular formula is H4BFP2. The molecule has 0 aliphatic carbocycles. The summed E-state index contributed by atoms with van der Waals surface area (Å²) in [6.07, 6.45) is 0. The van der Waals surface area contributed by atoms with Crippen LogP contribution in [0.3, 0.4) is 0 Å². The van der Waals surface area contributed by atoms with Crippen LogP contribution < -0.4 is 0 Å². The molecule has 0 nitrogen and oxygen atoms in total. The summed E-state index contributed by atoms with van der Waals surface area (Å²) >= 11 is 0. The van der Waals surface area contributed by atoms with Crippen LogP contribution in [0.25, 0.3) is 0 Å². The number of hydrogen-bond donors (Lipinski definition) is 0. The Morgan fingerprint density at radius 2 is 3.00 bits per heavy atom. The van der Waals surface area contributed by atoms with Gasteiger partial charge in [-0.05, 0) is 1.34 Å². The quantitative estimate of drug-likeness (QED) is 0.335. The molecule has 0 radical (unpaired) electrons. The van der Waals surface area contributed by atoms with Crippen LogP contribution in [-0.4, -0.2) is 9.30 Å². The van der Waals surface area contributed by atoms with Crippen molar-refractivity contribution in [3.8, 4) is 0 Å². The van der Waals surface area contributed by atoms with Gasteiger partial charge >= 0.3 is 0 Å². The molecule has 0 amide bonds. The monoisotopic (exact) mass is 100 g/mol. The van der Waals surface area contributed by atoms with E-state index in [-0.39, 0.29) is 0 Å². The Morgan fingerprint density at radius 1 is 2.75 bits per heavy atom. The zero-order valence-corrected chi connectivity index (χ0v) is 4.03. The second-order valence-corrected chi connectivity index (χ2v) is 1.63. The van der Waals surface area contributed by atoms with Crippen LogP contribution in [-0.2, 0) is 0 Å².